The van der Waals surface area contributed by atoms with Gasteiger partial charge in [0.25, 0.3) is 0 Å². The Kier molecular flexibility index (Phi) is 3.25. The number of hydrogen-bond donors (Lipinski definition) is 1. The summed E-state index contributed by atoms with van der Waals surface area (Å²) in [6.07, 6.45) is 7.23. The summed E-state index contributed by atoms with van der Waals surface area (Å²) in [4.78, 5) is 0. The van der Waals surface area contributed by atoms with Gasteiger partial charge in [0.15, 0.2) is 6.61 Å². The van der Waals surface area contributed by atoms with Gasteiger partial charge in [-0.05, 0) is 73.6 Å². The van der Waals surface area contributed by atoms with Crippen molar-refractivity contribution in [2.45, 2.75) is 38.1 Å². The van der Waals surface area contributed by atoms with E-state index in [9.17, 15) is 0 Å². The molecule has 0 saturated heterocycles. The summed E-state index contributed by atoms with van der Waals surface area (Å²) in [5.74, 6) is 4.70. The molecule has 3 aliphatic carbocycles. The first-order valence-electron chi connectivity index (χ1n) is 8.21. The van der Waals surface area contributed by atoms with Crippen LogP contribution >= 0.6 is 0 Å². The molecular weight excluding hydrogens is 260 g/mol. The highest BCUT2D eigenvalue weighted by atomic mass is 16.5. The maximum absolute atomic E-state index is 8.52. The quantitative estimate of drug-likeness (QED) is 0.913. The molecule has 3 nitrogen and oxygen atoms in total. The number of rotatable bonds is 4. The van der Waals surface area contributed by atoms with Crippen LogP contribution in [0.3, 0.4) is 0 Å². The largest absolute Gasteiger partial charge is 0.479 e. The fourth-order valence-corrected chi connectivity index (χ4v) is 5.21. The van der Waals surface area contributed by atoms with Gasteiger partial charge in [0, 0.05) is 11.7 Å². The van der Waals surface area contributed by atoms with Gasteiger partial charge in [-0.1, -0.05) is 6.42 Å². The highest BCUT2D eigenvalue weighted by Crippen LogP contribution is 2.59. The molecule has 0 aromatic heterocycles. The van der Waals surface area contributed by atoms with Crippen LogP contribution in [0.4, 0.5) is 5.69 Å². The fraction of sp³-hybridized carbons (Fsp3) is 0.611. The lowest BCUT2D eigenvalue weighted by Gasteiger charge is -2.32. The number of anilines is 1. The summed E-state index contributed by atoms with van der Waals surface area (Å²) in [7, 11) is 0. The van der Waals surface area contributed by atoms with E-state index in [0.717, 1.165) is 29.4 Å². The van der Waals surface area contributed by atoms with Gasteiger partial charge < -0.3 is 10.1 Å². The van der Waals surface area contributed by atoms with E-state index in [1.807, 2.05) is 18.2 Å². The van der Waals surface area contributed by atoms with E-state index < -0.39 is 0 Å². The lowest BCUT2D eigenvalue weighted by atomic mass is 9.79. The third-order valence-electron chi connectivity index (χ3n) is 5.94. The average molecular weight is 282 g/mol. The predicted octanol–water partition coefficient (Wildman–Crippen LogP) is 3.83. The molecule has 21 heavy (non-hydrogen) atoms. The van der Waals surface area contributed by atoms with Crippen molar-refractivity contribution in [3.05, 3.63) is 24.3 Å². The number of nitriles is 1. The molecule has 3 fully saturated rings. The van der Waals surface area contributed by atoms with E-state index in [2.05, 4.69) is 17.4 Å². The molecule has 4 rings (SSSR count). The summed E-state index contributed by atoms with van der Waals surface area (Å²) in [5, 5.41) is 12.3. The third-order valence-corrected chi connectivity index (χ3v) is 5.94. The fourth-order valence-electron chi connectivity index (χ4n) is 5.21. The van der Waals surface area contributed by atoms with Crippen LogP contribution in [-0.4, -0.2) is 12.6 Å². The normalized spacial score (nSPS) is 36.2. The molecule has 110 valence electrons. The van der Waals surface area contributed by atoms with Gasteiger partial charge in [-0.15, -0.1) is 0 Å². The van der Waals surface area contributed by atoms with Crippen LogP contribution in [0.2, 0.25) is 0 Å². The van der Waals surface area contributed by atoms with Crippen molar-refractivity contribution >= 4 is 5.69 Å². The van der Waals surface area contributed by atoms with Crippen molar-refractivity contribution < 1.29 is 4.74 Å². The van der Waals surface area contributed by atoms with E-state index in [1.165, 1.54) is 37.8 Å². The van der Waals surface area contributed by atoms with Crippen LogP contribution in [0.15, 0.2) is 24.3 Å². The second kappa shape index (κ2) is 5.26. The molecule has 2 bridgehead atoms. The molecular formula is C18H22N2O. The van der Waals surface area contributed by atoms with Crippen LogP contribution in [0.25, 0.3) is 0 Å². The Hall–Kier alpha value is -1.69. The van der Waals surface area contributed by atoms with Gasteiger partial charge in [-0.2, -0.15) is 5.26 Å². The zero-order valence-electron chi connectivity index (χ0n) is 12.3. The van der Waals surface area contributed by atoms with E-state index >= 15 is 0 Å². The number of fused-ring (bicyclic) bond motifs is 5. The predicted molar refractivity (Wildman–Crippen MR) is 82.0 cm³/mol. The smallest absolute Gasteiger partial charge is 0.174 e. The lowest BCUT2D eigenvalue weighted by Crippen LogP contribution is -2.33. The molecule has 3 aliphatic rings. The molecule has 5 atom stereocenters. The molecule has 0 heterocycles. The minimum Gasteiger partial charge on any atom is -0.479 e. The molecule has 0 amide bonds. The minimum absolute atomic E-state index is 0.113. The van der Waals surface area contributed by atoms with Gasteiger partial charge >= 0.3 is 0 Å². The number of benzene rings is 1. The van der Waals surface area contributed by atoms with Gasteiger partial charge in [-0.3, -0.25) is 0 Å². The first-order valence-corrected chi connectivity index (χ1v) is 8.21. The SMILES string of the molecule is N#CCOc1ccc(NC2CC3CC2C2CCCC32)cc1. The lowest BCUT2D eigenvalue weighted by molar-refractivity contribution is 0.243. The molecule has 1 aromatic rings. The molecule has 0 aliphatic heterocycles. The average Bonchev–Trinajstić information content (AvgIpc) is 3.19. The van der Waals surface area contributed by atoms with Crippen LogP contribution in [0.5, 0.6) is 5.75 Å². The Bertz CT molecular complexity index is 547. The Morgan fingerprint density at radius 1 is 1.10 bits per heavy atom. The molecule has 1 aromatic carbocycles. The summed E-state index contributed by atoms with van der Waals surface area (Å²) < 4.78 is 5.30. The van der Waals surface area contributed by atoms with Crippen LogP contribution in [-0.2, 0) is 0 Å². The van der Waals surface area contributed by atoms with Crippen molar-refractivity contribution in [2.24, 2.45) is 23.7 Å². The van der Waals surface area contributed by atoms with E-state index in [0.29, 0.717) is 6.04 Å². The Balaban J connectivity index is 1.40. The van der Waals surface area contributed by atoms with Crippen LogP contribution in [0, 0.1) is 35.0 Å². The first kappa shape index (κ1) is 13.0. The molecule has 3 heteroatoms. The van der Waals surface area contributed by atoms with Crippen molar-refractivity contribution in [1.29, 1.82) is 5.26 Å². The van der Waals surface area contributed by atoms with E-state index in [-0.39, 0.29) is 6.61 Å². The standard InChI is InChI=1S/C18H22N2O/c19-8-9-21-14-6-4-13(5-7-14)20-18-11-12-10-17(18)16-3-1-2-15(12)16/h4-7,12,15-18,20H,1-3,9-11H2. The molecule has 0 spiro atoms. The number of nitrogens with one attached hydrogen (secondary N) is 1. The monoisotopic (exact) mass is 282 g/mol. The zero-order chi connectivity index (χ0) is 14.2. The summed E-state index contributed by atoms with van der Waals surface area (Å²) in [6.45, 7) is 0.113. The second-order valence-electron chi connectivity index (χ2n) is 6.88. The molecule has 1 N–H and O–H groups in total. The topological polar surface area (TPSA) is 45.0 Å². The van der Waals surface area contributed by atoms with Crippen molar-refractivity contribution in [1.82, 2.24) is 0 Å². The Labute approximate surface area is 126 Å². The van der Waals surface area contributed by atoms with E-state index in [4.69, 9.17) is 10.00 Å². The van der Waals surface area contributed by atoms with Crippen LogP contribution in [0.1, 0.15) is 32.1 Å². The minimum atomic E-state index is 0.113. The van der Waals surface area contributed by atoms with E-state index in [1.54, 1.807) is 0 Å². The zero-order valence-corrected chi connectivity index (χ0v) is 12.3. The summed E-state index contributed by atoms with van der Waals surface area (Å²) in [6, 6.07) is 10.7. The van der Waals surface area contributed by atoms with Crippen molar-refractivity contribution in [2.75, 3.05) is 11.9 Å². The highest BCUT2D eigenvalue weighted by Gasteiger charge is 2.53. The molecule has 0 radical (unpaired) electrons. The third kappa shape index (κ3) is 2.27. The number of ether oxygens (including phenoxy) is 1. The second-order valence-corrected chi connectivity index (χ2v) is 6.88. The van der Waals surface area contributed by atoms with Crippen molar-refractivity contribution in [3.8, 4) is 11.8 Å². The Morgan fingerprint density at radius 3 is 2.71 bits per heavy atom. The Morgan fingerprint density at radius 2 is 1.90 bits per heavy atom. The maximum atomic E-state index is 8.52. The summed E-state index contributed by atoms with van der Waals surface area (Å²) in [5.41, 5.74) is 1.19. The highest BCUT2D eigenvalue weighted by molar-refractivity contribution is 5.47. The summed E-state index contributed by atoms with van der Waals surface area (Å²) >= 11 is 0. The first-order chi connectivity index (χ1) is 10.3. The van der Waals surface area contributed by atoms with Crippen LogP contribution < -0.4 is 10.1 Å². The maximum Gasteiger partial charge on any atom is 0.174 e. The number of nitrogens with zero attached hydrogens (tertiary/aromatic N) is 1. The molecule has 3 saturated carbocycles. The van der Waals surface area contributed by atoms with Gasteiger partial charge in [-0.25, -0.2) is 0 Å². The molecule has 5 unspecified atom stereocenters. The number of hydrogen-bond acceptors (Lipinski definition) is 3. The van der Waals surface area contributed by atoms with Gasteiger partial charge in [0.2, 0.25) is 0 Å². The van der Waals surface area contributed by atoms with Crippen molar-refractivity contribution in [3.63, 3.8) is 0 Å². The van der Waals surface area contributed by atoms with Gasteiger partial charge in [0.1, 0.15) is 11.8 Å². The van der Waals surface area contributed by atoms with Gasteiger partial charge in [0.05, 0.1) is 0 Å².